The van der Waals surface area contributed by atoms with Crippen LogP contribution in [-0.2, 0) is 0 Å². The predicted octanol–water partition coefficient (Wildman–Crippen LogP) is 3.85. The Labute approximate surface area is 118 Å². The number of pyridine rings is 1. The SMILES string of the molecule is CCC(CC)c1cc(C(=O)O)c2cccc(OC)c2n1. The molecule has 2 aromatic rings. The minimum Gasteiger partial charge on any atom is -0.494 e. The van der Waals surface area contributed by atoms with Gasteiger partial charge in [-0.15, -0.1) is 0 Å². The van der Waals surface area contributed by atoms with Gasteiger partial charge in [-0.2, -0.15) is 0 Å². The van der Waals surface area contributed by atoms with E-state index in [2.05, 4.69) is 18.8 Å². The lowest BCUT2D eigenvalue weighted by atomic mass is 9.96. The molecule has 0 saturated heterocycles. The summed E-state index contributed by atoms with van der Waals surface area (Å²) in [5.41, 5.74) is 1.73. The zero-order valence-corrected chi connectivity index (χ0v) is 12.0. The summed E-state index contributed by atoms with van der Waals surface area (Å²) in [6.07, 6.45) is 1.87. The number of carboxylic acids is 1. The van der Waals surface area contributed by atoms with Gasteiger partial charge in [0.25, 0.3) is 0 Å². The van der Waals surface area contributed by atoms with Crippen LogP contribution >= 0.6 is 0 Å². The molecule has 4 nitrogen and oxygen atoms in total. The van der Waals surface area contributed by atoms with Crippen molar-refractivity contribution in [2.75, 3.05) is 7.11 Å². The fraction of sp³-hybridized carbons (Fsp3) is 0.375. The highest BCUT2D eigenvalue weighted by Gasteiger charge is 2.17. The van der Waals surface area contributed by atoms with Crippen molar-refractivity contribution in [3.8, 4) is 5.75 Å². The summed E-state index contributed by atoms with van der Waals surface area (Å²) >= 11 is 0. The summed E-state index contributed by atoms with van der Waals surface area (Å²) < 4.78 is 5.31. The number of carbonyl (C=O) groups is 1. The van der Waals surface area contributed by atoms with Gasteiger partial charge in [-0.05, 0) is 25.0 Å². The van der Waals surface area contributed by atoms with Gasteiger partial charge in [-0.1, -0.05) is 26.0 Å². The molecule has 0 aliphatic carbocycles. The van der Waals surface area contributed by atoms with Crippen molar-refractivity contribution in [2.24, 2.45) is 0 Å². The highest BCUT2D eigenvalue weighted by molar-refractivity contribution is 6.04. The number of fused-ring (bicyclic) bond motifs is 1. The smallest absolute Gasteiger partial charge is 0.336 e. The van der Waals surface area contributed by atoms with Gasteiger partial charge in [0, 0.05) is 17.0 Å². The van der Waals surface area contributed by atoms with Crippen LogP contribution in [0.25, 0.3) is 10.9 Å². The molecule has 0 bridgehead atoms. The summed E-state index contributed by atoms with van der Waals surface area (Å²) in [5, 5.41) is 10.0. The third kappa shape index (κ3) is 2.46. The first kappa shape index (κ1) is 14.3. The lowest BCUT2D eigenvalue weighted by Gasteiger charge is -2.15. The van der Waals surface area contributed by atoms with E-state index in [0.29, 0.717) is 16.7 Å². The number of hydrogen-bond acceptors (Lipinski definition) is 3. The van der Waals surface area contributed by atoms with Crippen LogP contribution in [0.15, 0.2) is 24.3 Å². The summed E-state index contributed by atoms with van der Waals surface area (Å²) in [6.45, 7) is 4.17. The molecule has 0 unspecified atom stereocenters. The number of ether oxygens (including phenoxy) is 1. The van der Waals surface area contributed by atoms with E-state index in [1.807, 2.05) is 0 Å². The van der Waals surface area contributed by atoms with Crippen molar-refractivity contribution in [3.05, 3.63) is 35.5 Å². The normalized spacial score (nSPS) is 11.0. The van der Waals surface area contributed by atoms with E-state index in [0.717, 1.165) is 18.5 Å². The quantitative estimate of drug-likeness (QED) is 0.899. The third-order valence-electron chi connectivity index (χ3n) is 3.68. The maximum atomic E-state index is 11.5. The number of rotatable bonds is 5. The Morgan fingerprint density at radius 3 is 2.60 bits per heavy atom. The van der Waals surface area contributed by atoms with Crippen LogP contribution in [0, 0.1) is 0 Å². The van der Waals surface area contributed by atoms with Gasteiger partial charge in [0.2, 0.25) is 0 Å². The lowest BCUT2D eigenvalue weighted by Crippen LogP contribution is -2.06. The van der Waals surface area contributed by atoms with Crippen LogP contribution in [0.2, 0.25) is 0 Å². The zero-order valence-electron chi connectivity index (χ0n) is 12.0. The summed E-state index contributed by atoms with van der Waals surface area (Å²) in [7, 11) is 1.57. The Hall–Kier alpha value is -2.10. The first-order chi connectivity index (χ1) is 9.62. The van der Waals surface area contributed by atoms with Crippen molar-refractivity contribution >= 4 is 16.9 Å². The van der Waals surface area contributed by atoms with Crippen molar-refractivity contribution < 1.29 is 14.6 Å². The topological polar surface area (TPSA) is 59.4 Å². The highest BCUT2D eigenvalue weighted by Crippen LogP contribution is 2.31. The average molecular weight is 273 g/mol. The number of aromatic nitrogens is 1. The van der Waals surface area contributed by atoms with Crippen LogP contribution in [0.3, 0.4) is 0 Å². The van der Waals surface area contributed by atoms with E-state index >= 15 is 0 Å². The molecule has 20 heavy (non-hydrogen) atoms. The summed E-state index contributed by atoms with van der Waals surface area (Å²) in [4.78, 5) is 16.1. The van der Waals surface area contributed by atoms with Crippen molar-refractivity contribution in [3.63, 3.8) is 0 Å². The standard InChI is InChI=1S/C16H19NO3/c1-4-10(5-2)13-9-12(16(18)19)11-7-6-8-14(20-3)15(11)17-13/h6-10H,4-5H2,1-3H3,(H,18,19). The van der Waals surface area contributed by atoms with E-state index in [4.69, 9.17) is 4.74 Å². The number of nitrogens with zero attached hydrogens (tertiary/aromatic N) is 1. The predicted molar refractivity (Wildman–Crippen MR) is 78.6 cm³/mol. The minimum atomic E-state index is -0.933. The van der Waals surface area contributed by atoms with Gasteiger partial charge >= 0.3 is 5.97 Å². The zero-order chi connectivity index (χ0) is 14.7. The molecule has 0 amide bonds. The number of carboxylic acid groups (broad SMARTS) is 1. The molecule has 0 radical (unpaired) electrons. The lowest BCUT2D eigenvalue weighted by molar-refractivity contribution is 0.0699. The van der Waals surface area contributed by atoms with Gasteiger partial charge in [0.05, 0.1) is 12.7 Å². The summed E-state index contributed by atoms with van der Waals surface area (Å²) in [5.74, 6) is -0.0573. The Balaban J connectivity index is 2.77. The molecular formula is C16H19NO3. The minimum absolute atomic E-state index is 0.266. The molecule has 0 spiro atoms. The van der Waals surface area contributed by atoms with E-state index in [-0.39, 0.29) is 11.5 Å². The number of methoxy groups -OCH3 is 1. The monoisotopic (exact) mass is 273 g/mol. The van der Waals surface area contributed by atoms with E-state index in [9.17, 15) is 9.90 Å². The van der Waals surface area contributed by atoms with Gasteiger partial charge in [0.1, 0.15) is 11.3 Å². The number of hydrogen-bond donors (Lipinski definition) is 1. The van der Waals surface area contributed by atoms with Gasteiger partial charge in [0.15, 0.2) is 0 Å². The Bertz CT molecular complexity index is 633. The largest absolute Gasteiger partial charge is 0.494 e. The van der Waals surface area contributed by atoms with Crippen LogP contribution in [0.5, 0.6) is 5.75 Å². The van der Waals surface area contributed by atoms with Crippen LogP contribution in [0.4, 0.5) is 0 Å². The molecule has 1 aromatic carbocycles. The van der Waals surface area contributed by atoms with E-state index in [1.54, 1.807) is 31.4 Å². The van der Waals surface area contributed by atoms with Crippen LogP contribution < -0.4 is 4.74 Å². The van der Waals surface area contributed by atoms with Gasteiger partial charge < -0.3 is 9.84 Å². The molecule has 0 fully saturated rings. The van der Waals surface area contributed by atoms with Crippen molar-refractivity contribution in [2.45, 2.75) is 32.6 Å². The van der Waals surface area contributed by atoms with Crippen molar-refractivity contribution in [1.29, 1.82) is 0 Å². The molecule has 1 N–H and O–H groups in total. The third-order valence-corrected chi connectivity index (χ3v) is 3.68. The Morgan fingerprint density at radius 2 is 2.05 bits per heavy atom. The molecule has 0 saturated carbocycles. The second kappa shape index (κ2) is 5.90. The van der Waals surface area contributed by atoms with E-state index in [1.165, 1.54) is 0 Å². The first-order valence-electron chi connectivity index (χ1n) is 6.83. The first-order valence-corrected chi connectivity index (χ1v) is 6.83. The molecule has 1 heterocycles. The average Bonchev–Trinajstić information content (AvgIpc) is 2.46. The van der Waals surface area contributed by atoms with Crippen molar-refractivity contribution in [1.82, 2.24) is 4.98 Å². The highest BCUT2D eigenvalue weighted by atomic mass is 16.5. The fourth-order valence-corrected chi connectivity index (χ4v) is 2.50. The second-order valence-corrected chi connectivity index (χ2v) is 4.77. The molecule has 2 rings (SSSR count). The fourth-order valence-electron chi connectivity index (χ4n) is 2.50. The van der Waals surface area contributed by atoms with E-state index < -0.39 is 5.97 Å². The summed E-state index contributed by atoms with van der Waals surface area (Å²) in [6, 6.07) is 7.05. The molecular weight excluding hydrogens is 254 g/mol. The van der Waals surface area contributed by atoms with Gasteiger partial charge in [-0.3, -0.25) is 0 Å². The maximum Gasteiger partial charge on any atom is 0.336 e. The molecule has 0 atom stereocenters. The van der Waals surface area contributed by atoms with Crippen LogP contribution in [-0.4, -0.2) is 23.2 Å². The molecule has 106 valence electrons. The molecule has 4 heteroatoms. The molecule has 1 aromatic heterocycles. The number of aromatic carboxylic acids is 1. The number of para-hydroxylation sites is 1. The van der Waals surface area contributed by atoms with Crippen LogP contribution in [0.1, 0.15) is 48.7 Å². The molecule has 0 aliphatic rings. The second-order valence-electron chi connectivity index (χ2n) is 4.77. The van der Waals surface area contributed by atoms with Gasteiger partial charge in [-0.25, -0.2) is 9.78 Å². The number of benzene rings is 1. The molecule has 0 aliphatic heterocycles. The maximum absolute atomic E-state index is 11.5. The Kier molecular flexibility index (Phi) is 4.23. The Morgan fingerprint density at radius 1 is 1.35 bits per heavy atom.